The monoisotopic (exact) mass is 246 g/mol. The van der Waals surface area contributed by atoms with E-state index in [1.165, 1.54) is 4.90 Å². The van der Waals surface area contributed by atoms with Crippen molar-refractivity contribution in [2.24, 2.45) is 0 Å². The van der Waals surface area contributed by atoms with Gasteiger partial charge in [-0.2, -0.15) is 0 Å². The van der Waals surface area contributed by atoms with Crippen LogP contribution in [0.5, 0.6) is 0 Å². The van der Waals surface area contributed by atoms with Crippen molar-refractivity contribution in [1.82, 2.24) is 9.88 Å². The van der Waals surface area contributed by atoms with Crippen molar-refractivity contribution in [3.8, 4) is 0 Å². The highest BCUT2D eigenvalue weighted by Crippen LogP contribution is 2.12. The minimum absolute atomic E-state index is 0.0129. The molecule has 1 aromatic rings. The van der Waals surface area contributed by atoms with Gasteiger partial charge in [-0.3, -0.25) is 4.79 Å². The molecular weight excluding hydrogens is 232 g/mol. The van der Waals surface area contributed by atoms with Gasteiger partial charge < -0.3 is 10.0 Å². The lowest BCUT2D eigenvalue weighted by Crippen LogP contribution is -2.30. The highest BCUT2D eigenvalue weighted by atomic mass is 32.2. The predicted molar refractivity (Wildman–Crippen MR) is 63.0 cm³/mol. The molecule has 0 aliphatic rings. The number of amides is 1. The molecule has 0 radical (unpaired) electrons. The van der Waals surface area contributed by atoms with E-state index in [0.29, 0.717) is 12.3 Å². The third-order valence-electron chi connectivity index (χ3n) is 1.82. The molecule has 84 valence electrons. The molecule has 0 aliphatic heterocycles. The van der Waals surface area contributed by atoms with Crippen molar-refractivity contribution in [2.75, 3.05) is 26.0 Å². The average Bonchev–Trinajstić information content (AvgIpc) is 2.71. The highest BCUT2D eigenvalue weighted by molar-refractivity contribution is 7.99. The Labute approximate surface area is 97.3 Å². The lowest BCUT2D eigenvalue weighted by molar-refractivity contribution is -0.127. The number of carbonyl (C=O) groups excluding carboxylic acids is 1. The summed E-state index contributed by atoms with van der Waals surface area (Å²) in [6.45, 7) is 0.412. The molecule has 0 spiro atoms. The van der Waals surface area contributed by atoms with Gasteiger partial charge in [-0.05, 0) is 0 Å². The number of thioether (sulfide) groups is 1. The normalized spacial score (nSPS) is 10.3. The Bertz CT molecular complexity index is 290. The number of carbonyl (C=O) groups is 1. The maximum absolute atomic E-state index is 11.4. The van der Waals surface area contributed by atoms with E-state index >= 15 is 0 Å². The smallest absolute Gasteiger partial charge is 0.232 e. The molecule has 6 heteroatoms. The summed E-state index contributed by atoms with van der Waals surface area (Å²) >= 11 is 3.10. The van der Waals surface area contributed by atoms with E-state index in [2.05, 4.69) is 4.98 Å². The topological polar surface area (TPSA) is 53.4 Å². The third kappa shape index (κ3) is 4.63. The van der Waals surface area contributed by atoms with Gasteiger partial charge in [-0.25, -0.2) is 4.98 Å². The van der Waals surface area contributed by atoms with Gasteiger partial charge in [0.1, 0.15) is 0 Å². The van der Waals surface area contributed by atoms with E-state index in [1.54, 1.807) is 35.7 Å². The number of aromatic nitrogens is 1. The molecule has 1 N–H and O–H groups in total. The van der Waals surface area contributed by atoms with Gasteiger partial charge in [0.2, 0.25) is 5.91 Å². The van der Waals surface area contributed by atoms with Crippen LogP contribution in [0, 0.1) is 0 Å². The Morgan fingerprint density at radius 3 is 3.13 bits per heavy atom. The molecule has 0 aromatic carbocycles. The number of nitrogens with zero attached hydrogens (tertiary/aromatic N) is 2. The number of rotatable bonds is 6. The molecule has 1 aromatic heterocycles. The first-order valence-corrected chi connectivity index (χ1v) is 6.63. The van der Waals surface area contributed by atoms with Crippen molar-refractivity contribution in [1.29, 1.82) is 0 Å². The number of aliphatic hydroxyl groups excluding tert-OH is 1. The van der Waals surface area contributed by atoms with Crippen molar-refractivity contribution >= 4 is 29.0 Å². The highest BCUT2D eigenvalue weighted by Gasteiger charge is 2.07. The summed E-state index contributed by atoms with van der Waals surface area (Å²) in [6.07, 6.45) is 0. The summed E-state index contributed by atoms with van der Waals surface area (Å²) in [4.78, 5) is 17.1. The minimum Gasteiger partial charge on any atom is -0.395 e. The zero-order chi connectivity index (χ0) is 11.1. The van der Waals surface area contributed by atoms with Crippen LogP contribution in [-0.4, -0.2) is 46.8 Å². The van der Waals surface area contributed by atoms with E-state index in [1.807, 2.05) is 5.38 Å². The van der Waals surface area contributed by atoms with E-state index in [4.69, 9.17) is 5.11 Å². The number of likely N-dealkylation sites (N-methyl/N-ethyl adjacent to an activating group) is 1. The second kappa shape index (κ2) is 6.81. The van der Waals surface area contributed by atoms with Crippen LogP contribution in [0.3, 0.4) is 0 Å². The summed E-state index contributed by atoms with van der Waals surface area (Å²) in [5.74, 6) is 1.25. The zero-order valence-corrected chi connectivity index (χ0v) is 10.2. The number of hydrogen-bond acceptors (Lipinski definition) is 5. The van der Waals surface area contributed by atoms with Crippen molar-refractivity contribution in [3.63, 3.8) is 0 Å². The SMILES string of the molecule is CN(CCO)C(=O)CSCc1cscn1. The van der Waals surface area contributed by atoms with Crippen molar-refractivity contribution < 1.29 is 9.90 Å². The van der Waals surface area contributed by atoms with Crippen LogP contribution in [-0.2, 0) is 10.5 Å². The van der Waals surface area contributed by atoms with E-state index in [0.717, 1.165) is 11.4 Å². The summed E-state index contributed by atoms with van der Waals surface area (Å²) in [5.41, 5.74) is 2.80. The number of aliphatic hydroxyl groups is 1. The molecular formula is C9H14N2O2S2. The molecule has 0 saturated heterocycles. The zero-order valence-electron chi connectivity index (χ0n) is 8.55. The first-order valence-electron chi connectivity index (χ1n) is 4.53. The summed E-state index contributed by atoms with van der Waals surface area (Å²) in [7, 11) is 1.70. The fraction of sp³-hybridized carbons (Fsp3) is 0.556. The number of thiazole rings is 1. The molecule has 1 rings (SSSR count). The van der Waals surface area contributed by atoms with E-state index in [-0.39, 0.29) is 12.5 Å². The Morgan fingerprint density at radius 1 is 1.73 bits per heavy atom. The van der Waals surface area contributed by atoms with Crippen LogP contribution < -0.4 is 0 Å². The second-order valence-corrected chi connectivity index (χ2v) is 4.72. The summed E-state index contributed by atoms with van der Waals surface area (Å²) in [5, 5.41) is 10.6. The molecule has 1 amide bonds. The lowest BCUT2D eigenvalue weighted by atomic mass is 10.5. The fourth-order valence-electron chi connectivity index (χ4n) is 0.937. The maximum Gasteiger partial charge on any atom is 0.232 e. The van der Waals surface area contributed by atoms with Crippen LogP contribution in [0.2, 0.25) is 0 Å². The van der Waals surface area contributed by atoms with Crippen LogP contribution in [0.1, 0.15) is 5.69 Å². The van der Waals surface area contributed by atoms with Gasteiger partial charge in [0.25, 0.3) is 0 Å². The van der Waals surface area contributed by atoms with Crippen LogP contribution in [0.4, 0.5) is 0 Å². The Kier molecular flexibility index (Phi) is 5.67. The van der Waals surface area contributed by atoms with Gasteiger partial charge >= 0.3 is 0 Å². The first kappa shape index (κ1) is 12.5. The molecule has 4 nitrogen and oxygen atoms in total. The Hall–Kier alpha value is -0.590. The molecule has 1 heterocycles. The lowest BCUT2D eigenvalue weighted by Gasteiger charge is -2.14. The van der Waals surface area contributed by atoms with Crippen LogP contribution in [0.15, 0.2) is 10.9 Å². The molecule has 0 aliphatic carbocycles. The minimum atomic E-state index is 0.0129. The van der Waals surface area contributed by atoms with Crippen molar-refractivity contribution in [3.05, 3.63) is 16.6 Å². The van der Waals surface area contributed by atoms with Crippen LogP contribution in [0.25, 0.3) is 0 Å². The van der Waals surface area contributed by atoms with E-state index in [9.17, 15) is 4.79 Å². The molecule has 0 fully saturated rings. The molecule has 0 saturated carbocycles. The van der Waals surface area contributed by atoms with Gasteiger partial charge in [0.15, 0.2) is 0 Å². The molecule has 0 bridgehead atoms. The number of hydrogen-bond donors (Lipinski definition) is 1. The first-order chi connectivity index (χ1) is 7.24. The summed E-state index contributed by atoms with van der Waals surface area (Å²) in [6, 6.07) is 0. The van der Waals surface area contributed by atoms with Gasteiger partial charge in [-0.15, -0.1) is 23.1 Å². The van der Waals surface area contributed by atoms with Crippen molar-refractivity contribution in [2.45, 2.75) is 5.75 Å². The third-order valence-corrected chi connectivity index (χ3v) is 3.41. The Balaban J connectivity index is 2.17. The fourth-order valence-corrected chi connectivity index (χ4v) is 2.46. The maximum atomic E-state index is 11.4. The summed E-state index contributed by atoms with van der Waals surface area (Å²) < 4.78 is 0. The van der Waals surface area contributed by atoms with Gasteiger partial charge in [0.05, 0.1) is 23.6 Å². The molecule has 15 heavy (non-hydrogen) atoms. The molecule has 0 atom stereocenters. The Morgan fingerprint density at radius 2 is 2.53 bits per heavy atom. The average molecular weight is 246 g/mol. The van der Waals surface area contributed by atoms with E-state index < -0.39 is 0 Å². The standard InChI is InChI=1S/C9H14N2O2S2/c1-11(2-3-12)9(13)6-14-4-8-5-15-7-10-8/h5,7,12H,2-4,6H2,1H3. The van der Waals surface area contributed by atoms with Gasteiger partial charge in [0, 0.05) is 24.7 Å². The largest absolute Gasteiger partial charge is 0.395 e. The molecule has 0 unspecified atom stereocenters. The van der Waals surface area contributed by atoms with Gasteiger partial charge in [-0.1, -0.05) is 0 Å². The quantitative estimate of drug-likeness (QED) is 0.807. The predicted octanol–water partition coefficient (Wildman–Crippen LogP) is 0.827. The second-order valence-electron chi connectivity index (χ2n) is 3.01. The van der Waals surface area contributed by atoms with Crippen LogP contribution >= 0.6 is 23.1 Å².